The zero-order chi connectivity index (χ0) is 14.5. The van der Waals surface area contributed by atoms with Gasteiger partial charge < -0.3 is 16.0 Å². The SMILES string of the molecule is CN1CCC(CCNc2cc(Cl)ccc2C(N)=S)CC1. The molecule has 0 bridgehead atoms. The topological polar surface area (TPSA) is 41.3 Å². The van der Waals surface area contributed by atoms with Crippen molar-refractivity contribution < 1.29 is 0 Å². The first kappa shape index (κ1) is 15.5. The first-order valence-electron chi connectivity index (χ1n) is 7.08. The summed E-state index contributed by atoms with van der Waals surface area (Å²) in [5.41, 5.74) is 7.55. The number of anilines is 1. The van der Waals surface area contributed by atoms with E-state index in [1.807, 2.05) is 18.2 Å². The maximum Gasteiger partial charge on any atom is 0.106 e. The smallest absolute Gasteiger partial charge is 0.106 e. The molecule has 20 heavy (non-hydrogen) atoms. The van der Waals surface area contributed by atoms with Gasteiger partial charge in [-0.25, -0.2) is 0 Å². The Morgan fingerprint density at radius 1 is 1.45 bits per heavy atom. The molecule has 3 nitrogen and oxygen atoms in total. The minimum Gasteiger partial charge on any atom is -0.389 e. The van der Waals surface area contributed by atoms with Gasteiger partial charge in [-0.15, -0.1) is 0 Å². The van der Waals surface area contributed by atoms with Gasteiger partial charge in [0, 0.05) is 22.8 Å². The molecule has 0 atom stereocenters. The molecule has 1 fully saturated rings. The highest BCUT2D eigenvalue weighted by Crippen LogP contribution is 2.23. The van der Waals surface area contributed by atoms with Crippen LogP contribution in [0.2, 0.25) is 5.02 Å². The van der Waals surface area contributed by atoms with Gasteiger partial charge in [-0.3, -0.25) is 0 Å². The van der Waals surface area contributed by atoms with Crippen LogP contribution in [0.3, 0.4) is 0 Å². The fraction of sp³-hybridized carbons (Fsp3) is 0.533. The van der Waals surface area contributed by atoms with Crippen molar-refractivity contribution in [3.63, 3.8) is 0 Å². The van der Waals surface area contributed by atoms with E-state index in [2.05, 4.69) is 17.3 Å². The standard InChI is InChI=1S/C15H22ClN3S/c1-19-8-5-11(6-9-19)4-7-18-14-10-12(16)2-3-13(14)15(17)20/h2-3,10-11,18H,4-9H2,1H3,(H2,17,20). The summed E-state index contributed by atoms with van der Waals surface area (Å²) in [5.74, 6) is 0.811. The lowest BCUT2D eigenvalue weighted by molar-refractivity contribution is 0.215. The number of hydrogen-bond donors (Lipinski definition) is 2. The van der Waals surface area contributed by atoms with Crippen LogP contribution in [0.4, 0.5) is 5.69 Å². The van der Waals surface area contributed by atoms with Gasteiger partial charge in [-0.1, -0.05) is 23.8 Å². The van der Waals surface area contributed by atoms with Crippen molar-refractivity contribution in [3.8, 4) is 0 Å². The third-order valence-corrected chi connectivity index (χ3v) is 4.41. The molecule has 1 heterocycles. The van der Waals surface area contributed by atoms with Crippen molar-refractivity contribution in [1.82, 2.24) is 4.90 Å². The normalized spacial score (nSPS) is 17.1. The number of nitrogens with two attached hydrogens (primary N) is 1. The van der Waals surface area contributed by atoms with Gasteiger partial charge in [0.1, 0.15) is 4.99 Å². The van der Waals surface area contributed by atoms with E-state index in [9.17, 15) is 0 Å². The van der Waals surface area contributed by atoms with Crippen LogP contribution in [-0.4, -0.2) is 36.6 Å². The Morgan fingerprint density at radius 2 is 2.15 bits per heavy atom. The highest BCUT2D eigenvalue weighted by Gasteiger charge is 2.16. The first-order chi connectivity index (χ1) is 9.56. The van der Waals surface area contributed by atoms with Crippen LogP contribution < -0.4 is 11.1 Å². The second-order valence-electron chi connectivity index (χ2n) is 5.52. The minimum absolute atomic E-state index is 0.406. The molecule has 1 aliphatic rings. The number of piperidine rings is 1. The zero-order valence-corrected chi connectivity index (χ0v) is 13.4. The summed E-state index contributed by atoms with van der Waals surface area (Å²) in [6.07, 6.45) is 3.75. The average molecular weight is 312 g/mol. The zero-order valence-electron chi connectivity index (χ0n) is 11.9. The molecule has 0 amide bonds. The lowest BCUT2D eigenvalue weighted by Gasteiger charge is -2.29. The van der Waals surface area contributed by atoms with E-state index in [0.717, 1.165) is 23.7 Å². The molecule has 1 aromatic carbocycles. The highest BCUT2D eigenvalue weighted by atomic mass is 35.5. The van der Waals surface area contributed by atoms with E-state index in [1.165, 1.54) is 32.4 Å². The molecule has 110 valence electrons. The van der Waals surface area contributed by atoms with Crippen LogP contribution in [0.15, 0.2) is 18.2 Å². The van der Waals surface area contributed by atoms with E-state index < -0.39 is 0 Å². The molecule has 3 N–H and O–H groups in total. The van der Waals surface area contributed by atoms with Crippen LogP contribution in [-0.2, 0) is 0 Å². The van der Waals surface area contributed by atoms with Gasteiger partial charge in [0.05, 0.1) is 0 Å². The maximum absolute atomic E-state index is 6.04. The van der Waals surface area contributed by atoms with Crippen LogP contribution in [0.25, 0.3) is 0 Å². The summed E-state index contributed by atoms with van der Waals surface area (Å²) in [5, 5.41) is 4.13. The number of rotatable bonds is 5. The van der Waals surface area contributed by atoms with Gasteiger partial charge in [-0.05, 0) is 63.5 Å². The summed E-state index contributed by atoms with van der Waals surface area (Å²) < 4.78 is 0. The first-order valence-corrected chi connectivity index (χ1v) is 7.86. The summed E-state index contributed by atoms with van der Waals surface area (Å²) in [6.45, 7) is 3.35. The molecule has 0 saturated carbocycles. The van der Waals surface area contributed by atoms with Gasteiger partial charge >= 0.3 is 0 Å². The highest BCUT2D eigenvalue weighted by molar-refractivity contribution is 7.80. The molecule has 5 heteroatoms. The molecule has 2 rings (SSSR count). The van der Waals surface area contributed by atoms with Gasteiger partial charge in [0.2, 0.25) is 0 Å². The predicted molar refractivity (Wildman–Crippen MR) is 90.7 cm³/mol. The Labute approximate surface area is 131 Å². The monoisotopic (exact) mass is 311 g/mol. The number of nitrogens with zero attached hydrogens (tertiary/aromatic N) is 1. The summed E-state index contributed by atoms with van der Waals surface area (Å²) >= 11 is 11.1. The van der Waals surface area contributed by atoms with E-state index in [1.54, 1.807) is 0 Å². The average Bonchev–Trinajstić information content (AvgIpc) is 2.41. The quantitative estimate of drug-likeness (QED) is 0.820. The molecule has 0 aliphatic carbocycles. The Kier molecular flexibility index (Phi) is 5.64. The second kappa shape index (κ2) is 7.25. The van der Waals surface area contributed by atoms with Crippen molar-refractivity contribution in [3.05, 3.63) is 28.8 Å². The van der Waals surface area contributed by atoms with Gasteiger partial charge in [0.25, 0.3) is 0 Å². The minimum atomic E-state index is 0.406. The Morgan fingerprint density at radius 3 is 2.80 bits per heavy atom. The predicted octanol–water partition coefficient (Wildman–Crippen LogP) is 3.12. The van der Waals surface area contributed by atoms with Crippen LogP contribution in [0, 0.1) is 5.92 Å². The van der Waals surface area contributed by atoms with E-state index in [4.69, 9.17) is 29.6 Å². The fourth-order valence-electron chi connectivity index (χ4n) is 2.64. The number of nitrogens with one attached hydrogen (secondary N) is 1. The number of benzene rings is 1. The van der Waals surface area contributed by atoms with Crippen molar-refractivity contribution in [2.24, 2.45) is 11.7 Å². The van der Waals surface area contributed by atoms with E-state index in [0.29, 0.717) is 10.0 Å². The molecular weight excluding hydrogens is 290 g/mol. The number of hydrogen-bond acceptors (Lipinski definition) is 3. The van der Waals surface area contributed by atoms with Crippen molar-refractivity contribution in [1.29, 1.82) is 0 Å². The van der Waals surface area contributed by atoms with Crippen LogP contribution >= 0.6 is 23.8 Å². The van der Waals surface area contributed by atoms with Crippen molar-refractivity contribution in [2.45, 2.75) is 19.3 Å². The molecular formula is C15H22ClN3S. The van der Waals surface area contributed by atoms with Gasteiger partial charge in [-0.2, -0.15) is 0 Å². The van der Waals surface area contributed by atoms with E-state index in [-0.39, 0.29) is 0 Å². The third-order valence-electron chi connectivity index (χ3n) is 3.95. The molecule has 1 aliphatic heterocycles. The van der Waals surface area contributed by atoms with Crippen molar-refractivity contribution >= 4 is 34.5 Å². The molecule has 1 saturated heterocycles. The second-order valence-corrected chi connectivity index (χ2v) is 6.39. The Hall–Kier alpha value is -0.840. The Bertz CT molecular complexity index is 470. The maximum atomic E-state index is 6.04. The molecule has 0 unspecified atom stereocenters. The lowest BCUT2D eigenvalue weighted by atomic mass is 9.94. The number of thiocarbonyl (C=S) groups is 1. The lowest BCUT2D eigenvalue weighted by Crippen LogP contribution is -2.30. The van der Waals surface area contributed by atoms with Crippen molar-refractivity contribution in [2.75, 3.05) is 32.0 Å². The molecule has 0 aromatic heterocycles. The van der Waals surface area contributed by atoms with Crippen LogP contribution in [0.5, 0.6) is 0 Å². The summed E-state index contributed by atoms with van der Waals surface area (Å²) in [7, 11) is 2.19. The fourth-order valence-corrected chi connectivity index (χ4v) is 2.99. The Balaban J connectivity index is 1.87. The largest absolute Gasteiger partial charge is 0.389 e. The molecule has 0 radical (unpaired) electrons. The number of likely N-dealkylation sites (tertiary alicyclic amines) is 1. The molecule has 1 aromatic rings. The number of halogens is 1. The van der Waals surface area contributed by atoms with E-state index >= 15 is 0 Å². The molecule has 0 spiro atoms. The summed E-state index contributed by atoms with van der Waals surface area (Å²) in [4.78, 5) is 2.80. The summed E-state index contributed by atoms with van der Waals surface area (Å²) in [6, 6.07) is 5.59. The van der Waals surface area contributed by atoms with Gasteiger partial charge in [0.15, 0.2) is 0 Å². The van der Waals surface area contributed by atoms with Crippen LogP contribution in [0.1, 0.15) is 24.8 Å². The third kappa shape index (κ3) is 4.33.